The Labute approximate surface area is 178 Å². The number of rotatable bonds is 8. The third-order valence-corrected chi connectivity index (χ3v) is 5.47. The van der Waals surface area contributed by atoms with Gasteiger partial charge in [0.15, 0.2) is 0 Å². The van der Waals surface area contributed by atoms with Crippen molar-refractivity contribution < 1.29 is 9.53 Å². The number of benzene rings is 3. The van der Waals surface area contributed by atoms with E-state index in [0.29, 0.717) is 24.5 Å². The van der Waals surface area contributed by atoms with E-state index < -0.39 is 0 Å². The second-order valence-electron chi connectivity index (χ2n) is 7.60. The van der Waals surface area contributed by atoms with Crippen LogP contribution in [0.25, 0.3) is 0 Å². The summed E-state index contributed by atoms with van der Waals surface area (Å²) in [5, 5.41) is 3.06. The molecule has 1 aliphatic rings. The van der Waals surface area contributed by atoms with E-state index in [0.717, 1.165) is 31.5 Å². The summed E-state index contributed by atoms with van der Waals surface area (Å²) in [5.41, 5.74) is 4.43. The van der Waals surface area contributed by atoms with Crippen molar-refractivity contribution in [2.24, 2.45) is 0 Å². The van der Waals surface area contributed by atoms with Crippen LogP contribution in [-0.2, 0) is 13.0 Å². The Balaban J connectivity index is 1.29. The molecule has 30 heavy (non-hydrogen) atoms. The molecule has 4 heteroatoms. The Morgan fingerprint density at radius 3 is 2.60 bits per heavy atom. The Kier molecular flexibility index (Phi) is 6.65. The van der Waals surface area contributed by atoms with Crippen LogP contribution in [0.3, 0.4) is 0 Å². The zero-order chi connectivity index (χ0) is 20.6. The van der Waals surface area contributed by atoms with Gasteiger partial charge in [-0.2, -0.15) is 0 Å². The van der Waals surface area contributed by atoms with Crippen LogP contribution in [0.1, 0.15) is 34.3 Å². The average molecular weight is 401 g/mol. The number of hydrogen-bond acceptors (Lipinski definition) is 3. The van der Waals surface area contributed by atoms with Crippen LogP contribution in [0, 0.1) is 0 Å². The maximum atomic E-state index is 12.7. The first-order chi connectivity index (χ1) is 14.8. The number of ether oxygens (including phenoxy) is 1. The summed E-state index contributed by atoms with van der Waals surface area (Å²) < 4.78 is 5.92. The molecule has 3 aromatic carbocycles. The molecule has 4 rings (SSSR count). The highest BCUT2D eigenvalue weighted by Crippen LogP contribution is 2.26. The maximum absolute atomic E-state index is 12.7. The van der Waals surface area contributed by atoms with Crippen LogP contribution < -0.4 is 15.0 Å². The third kappa shape index (κ3) is 5.01. The van der Waals surface area contributed by atoms with E-state index in [1.54, 1.807) is 0 Å². The molecule has 0 fully saturated rings. The van der Waals surface area contributed by atoms with Crippen molar-refractivity contribution in [2.75, 3.05) is 24.5 Å². The van der Waals surface area contributed by atoms with Crippen LogP contribution in [0.4, 0.5) is 5.69 Å². The van der Waals surface area contributed by atoms with Gasteiger partial charge in [-0.3, -0.25) is 4.79 Å². The van der Waals surface area contributed by atoms with Gasteiger partial charge < -0.3 is 15.0 Å². The molecule has 0 aromatic heterocycles. The van der Waals surface area contributed by atoms with Crippen molar-refractivity contribution in [3.63, 3.8) is 0 Å². The molecule has 0 spiro atoms. The molecule has 0 bridgehead atoms. The fourth-order valence-corrected chi connectivity index (χ4v) is 3.93. The van der Waals surface area contributed by atoms with E-state index >= 15 is 0 Å². The van der Waals surface area contributed by atoms with E-state index in [-0.39, 0.29) is 5.91 Å². The molecule has 0 unspecified atom stereocenters. The number of nitrogens with zero attached hydrogens (tertiary/aromatic N) is 1. The van der Waals surface area contributed by atoms with Crippen molar-refractivity contribution in [1.82, 2.24) is 5.32 Å². The minimum Gasteiger partial charge on any atom is -0.488 e. The predicted octanol–water partition coefficient (Wildman–Crippen LogP) is 4.84. The molecule has 1 amide bonds. The van der Waals surface area contributed by atoms with Gasteiger partial charge in [-0.15, -0.1) is 0 Å². The summed E-state index contributed by atoms with van der Waals surface area (Å²) in [5.74, 6) is 0.529. The summed E-state index contributed by atoms with van der Waals surface area (Å²) in [6, 6.07) is 26.0. The molecule has 0 saturated heterocycles. The Morgan fingerprint density at radius 1 is 0.933 bits per heavy atom. The summed E-state index contributed by atoms with van der Waals surface area (Å²) >= 11 is 0. The van der Waals surface area contributed by atoms with Gasteiger partial charge in [-0.25, -0.2) is 0 Å². The Hall–Kier alpha value is -3.27. The number of carbonyl (C=O) groups excluding carboxylic acids is 1. The van der Waals surface area contributed by atoms with Crippen LogP contribution >= 0.6 is 0 Å². The number of amides is 1. The Morgan fingerprint density at radius 2 is 1.70 bits per heavy atom. The average Bonchev–Trinajstić information content (AvgIpc) is 2.81. The van der Waals surface area contributed by atoms with Gasteiger partial charge in [0.25, 0.3) is 5.91 Å². The molecule has 0 saturated carbocycles. The van der Waals surface area contributed by atoms with Crippen LogP contribution in [0.2, 0.25) is 0 Å². The summed E-state index contributed by atoms with van der Waals surface area (Å²) in [6.07, 6.45) is 3.26. The number of nitrogens with one attached hydrogen (secondary N) is 1. The first kappa shape index (κ1) is 20.0. The topological polar surface area (TPSA) is 41.6 Å². The van der Waals surface area contributed by atoms with Gasteiger partial charge in [-0.05, 0) is 48.6 Å². The van der Waals surface area contributed by atoms with Gasteiger partial charge >= 0.3 is 0 Å². The first-order valence-electron chi connectivity index (χ1n) is 10.7. The smallest absolute Gasteiger partial charge is 0.255 e. The largest absolute Gasteiger partial charge is 0.488 e. The lowest BCUT2D eigenvalue weighted by molar-refractivity contribution is 0.0949. The number of para-hydroxylation sites is 2. The van der Waals surface area contributed by atoms with E-state index in [9.17, 15) is 4.79 Å². The van der Waals surface area contributed by atoms with E-state index in [1.807, 2.05) is 54.6 Å². The molecule has 1 heterocycles. The van der Waals surface area contributed by atoms with Crippen molar-refractivity contribution in [2.45, 2.75) is 25.9 Å². The number of aryl methyl sites for hydroxylation is 1. The van der Waals surface area contributed by atoms with Gasteiger partial charge in [0.05, 0.1) is 5.56 Å². The quantitative estimate of drug-likeness (QED) is 0.550. The van der Waals surface area contributed by atoms with E-state index in [1.165, 1.54) is 17.7 Å². The monoisotopic (exact) mass is 400 g/mol. The van der Waals surface area contributed by atoms with Crippen LogP contribution in [-0.4, -0.2) is 25.5 Å². The molecular weight excluding hydrogens is 372 g/mol. The summed E-state index contributed by atoms with van der Waals surface area (Å²) in [7, 11) is 0. The first-order valence-corrected chi connectivity index (χ1v) is 10.7. The van der Waals surface area contributed by atoms with E-state index in [4.69, 9.17) is 4.74 Å². The van der Waals surface area contributed by atoms with Gasteiger partial charge in [-0.1, -0.05) is 60.7 Å². The van der Waals surface area contributed by atoms with Gasteiger partial charge in [0.2, 0.25) is 0 Å². The molecule has 0 atom stereocenters. The third-order valence-electron chi connectivity index (χ3n) is 5.47. The predicted molar refractivity (Wildman–Crippen MR) is 121 cm³/mol. The highest BCUT2D eigenvalue weighted by molar-refractivity contribution is 5.96. The van der Waals surface area contributed by atoms with Crippen LogP contribution in [0.15, 0.2) is 78.9 Å². The molecule has 1 aliphatic heterocycles. The minimum absolute atomic E-state index is 0.0855. The highest BCUT2D eigenvalue weighted by Gasteiger charge is 2.16. The minimum atomic E-state index is -0.0855. The molecule has 4 nitrogen and oxygen atoms in total. The van der Waals surface area contributed by atoms with Gasteiger partial charge in [0, 0.05) is 25.3 Å². The second kappa shape index (κ2) is 9.97. The molecule has 154 valence electrons. The van der Waals surface area contributed by atoms with Crippen LogP contribution in [0.5, 0.6) is 5.75 Å². The summed E-state index contributed by atoms with van der Waals surface area (Å²) in [6.45, 7) is 3.12. The number of hydrogen-bond donors (Lipinski definition) is 1. The zero-order valence-electron chi connectivity index (χ0n) is 17.2. The van der Waals surface area contributed by atoms with E-state index in [2.05, 4.69) is 34.5 Å². The normalized spacial score (nSPS) is 12.9. The maximum Gasteiger partial charge on any atom is 0.255 e. The second-order valence-corrected chi connectivity index (χ2v) is 7.60. The standard InChI is InChI=1S/C26H28N2O2/c29-26(23-14-5-7-16-25(23)30-20-21-10-2-1-3-11-21)27-17-9-19-28-18-8-13-22-12-4-6-15-24(22)28/h1-7,10-12,14-16H,8-9,13,17-20H2,(H,27,29). The van der Waals surface area contributed by atoms with Crippen molar-refractivity contribution in [1.29, 1.82) is 0 Å². The molecule has 0 radical (unpaired) electrons. The highest BCUT2D eigenvalue weighted by atomic mass is 16.5. The zero-order valence-corrected chi connectivity index (χ0v) is 17.2. The Bertz CT molecular complexity index is 972. The summed E-state index contributed by atoms with van der Waals surface area (Å²) in [4.78, 5) is 15.2. The number of fused-ring (bicyclic) bond motifs is 1. The van der Waals surface area contributed by atoms with Crippen molar-refractivity contribution >= 4 is 11.6 Å². The van der Waals surface area contributed by atoms with Crippen molar-refractivity contribution in [3.05, 3.63) is 95.6 Å². The lowest BCUT2D eigenvalue weighted by Gasteiger charge is -2.31. The molecule has 0 aliphatic carbocycles. The molecule has 3 aromatic rings. The fourth-order valence-electron chi connectivity index (χ4n) is 3.93. The number of carbonyl (C=O) groups is 1. The molecule has 1 N–H and O–H groups in total. The fraction of sp³-hybridized carbons (Fsp3) is 0.269. The van der Waals surface area contributed by atoms with Crippen molar-refractivity contribution in [3.8, 4) is 5.75 Å². The number of anilines is 1. The SMILES string of the molecule is O=C(NCCCN1CCCc2ccccc21)c1ccccc1OCc1ccccc1. The molecular formula is C26H28N2O2. The lowest BCUT2D eigenvalue weighted by atomic mass is 10.0. The lowest BCUT2D eigenvalue weighted by Crippen LogP contribution is -2.33. The van der Waals surface area contributed by atoms with Gasteiger partial charge in [0.1, 0.15) is 12.4 Å².